The average Bonchev–Trinajstić information content (AvgIpc) is 2.33. The Morgan fingerprint density at radius 3 is 2.88 bits per heavy atom. The van der Waals surface area contributed by atoms with Gasteiger partial charge in [-0.1, -0.05) is 18.2 Å². The fourth-order valence-electron chi connectivity index (χ4n) is 2.62. The molecule has 0 amide bonds. The Morgan fingerprint density at radius 1 is 1.31 bits per heavy atom. The maximum absolute atomic E-state index is 9.24. The third kappa shape index (κ3) is 2.28. The van der Waals surface area contributed by atoms with E-state index in [2.05, 4.69) is 37.4 Å². The molecule has 2 rings (SSSR count). The summed E-state index contributed by atoms with van der Waals surface area (Å²) in [5.41, 5.74) is 4.22. The van der Waals surface area contributed by atoms with Gasteiger partial charge in [0.1, 0.15) is 0 Å². The second-order valence-corrected chi connectivity index (χ2v) is 4.93. The lowest BCUT2D eigenvalue weighted by molar-refractivity contribution is 0.190. The highest BCUT2D eigenvalue weighted by molar-refractivity contribution is 5.36. The highest BCUT2D eigenvalue weighted by Gasteiger charge is 2.23. The van der Waals surface area contributed by atoms with Crippen molar-refractivity contribution < 1.29 is 5.11 Å². The van der Waals surface area contributed by atoms with Gasteiger partial charge in [-0.3, -0.25) is 0 Å². The Hall–Kier alpha value is -0.860. The summed E-state index contributed by atoms with van der Waals surface area (Å²) in [6.07, 6.45) is 1.10. The van der Waals surface area contributed by atoms with Crippen molar-refractivity contribution in [1.29, 1.82) is 0 Å². The number of aryl methyl sites for hydroxylation is 1. The lowest BCUT2D eigenvalue weighted by atomic mass is 9.83. The average molecular weight is 219 g/mol. The molecule has 2 atom stereocenters. The van der Waals surface area contributed by atoms with E-state index in [1.54, 1.807) is 0 Å². The second kappa shape index (κ2) is 4.98. The maximum Gasteiger partial charge on any atom is 0.0471 e. The van der Waals surface area contributed by atoms with Crippen molar-refractivity contribution in [2.45, 2.75) is 26.2 Å². The minimum Gasteiger partial charge on any atom is -0.396 e. The minimum atomic E-state index is 0.300. The summed E-state index contributed by atoms with van der Waals surface area (Å²) in [7, 11) is 0. The monoisotopic (exact) mass is 219 g/mol. The van der Waals surface area contributed by atoms with Crippen LogP contribution in [0.15, 0.2) is 18.2 Å². The Balaban J connectivity index is 2.20. The van der Waals surface area contributed by atoms with Crippen LogP contribution >= 0.6 is 0 Å². The molecule has 2 heteroatoms. The summed E-state index contributed by atoms with van der Waals surface area (Å²) in [6.45, 7) is 6.67. The quantitative estimate of drug-likeness (QED) is 0.797. The first kappa shape index (κ1) is 11.6. The number of hydrogen-bond donors (Lipinski definition) is 2. The SMILES string of the molecule is Cc1cccc(C2CNCC(CO)C2)c1C. The molecule has 88 valence electrons. The number of benzene rings is 1. The largest absolute Gasteiger partial charge is 0.396 e. The molecule has 2 unspecified atom stereocenters. The third-order valence-corrected chi connectivity index (χ3v) is 3.79. The number of aliphatic hydroxyl groups is 1. The number of nitrogens with one attached hydrogen (secondary N) is 1. The molecule has 1 aromatic carbocycles. The van der Waals surface area contributed by atoms with Crippen LogP contribution in [0.5, 0.6) is 0 Å². The van der Waals surface area contributed by atoms with Gasteiger partial charge in [-0.05, 0) is 48.8 Å². The molecule has 1 aromatic rings. The number of piperidine rings is 1. The van der Waals surface area contributed by atoms with Gasteiger partial charge in [0.25, 0.3) is 0 Å². The van der Waals surface area contributed by atoms with E-state index in [4.69, 9.17) is 0 Å². The molecule has 0 aromatic heterocycles. The number of aliphatic hydroxyl groups excluding tert-OH is 1. The van der Waals surface area contributed by atoms with Crippen LogP contribution in [0.2, 0.25) is 0 Å². The van der Waals surface area contributed by atoms with Crippen LogP contribution in [-0.4, -0.2) is 24.8 Å². The van der Waals surface area contributed by atoms with Gasteiger partial charge >= 0.3 is 0 Å². The molecular weight excluding hydrogens is 198 g/mol. The first-order valence-corrected chi connectivity index (χ1v) is 6.10. The molecule has 0 aliphatic carbocycles. The maximum atomic E-state index is 9.24. The lowest BCUT2D eigenvalue weighted by Crippen LogP contribution is -2.36. The van der Waals surface area contributed by atoms with E-state index in [0.29, 0.717) is 18.4 Å². The normalized spacial score (nSPS) is 25.7. The molecule has 0 radical (unpaired) electrons. The van der Waals surface area contributed by atoms with Gasteiger partial charge < -0.3 is 10.4 Å². The van der Waals surface area contributed by atoms with E-state index in [1.807, 2.05) is 0 Å². The summed E-state index contributed by atoms with van der Waals surface area (Å²) >= 11 is 0. The molecule has 1 heterocycles. The third-order valence-electron chi connectivity index (χ3n) is 3.79. The zero-order valence-electron chi connectivity index (χ0n) is 10.2. The van der Waals surface area contributed by atoms with Crippen molar-refractivity contribution in [1.82, 2.24) is 5.32 Å². The van der Waals surface area contributed by atoms with E-state index in [0.717, 1.165) is 19.5 Å². The first-order valence-electron chi connectivity index (χ1n) is 6.10. The highest BCUT2D eigenvalue weighted by atomic mass is 16.3. The molecule has 0 spiro atoms. The van der Waals surface area contributed by atoms with Crippen LogP contribution < -0.4 is 5.32 Å². The van der Waals surface area contributed by atoms with Crippen molar-refractivity contribution in [3.05, 3.63) is 34.9 Å². The molecular formula is C14H21NO. The zero-order valence-corrected chi connectivity index (χ0v) is 10.2. The standard InChI is InChI=1S/C14H21NO/c1-10-4-3-5-14(11(10)2)13-6-12(9-16)7-15-8-13/h3-5,12-13,15-16H,6-9H2,1-2H3. The molecule has 0 bridgehead atoms. The van der Waals surface area contributed by atoms with E-state index in [-0.39, 0.29) is 0 Å². The van der Waals surface area contributed by atoms with Crippen molar-refractivity contribution in [2.75, 3.05) is 19.7 Å². The van der Waals surface area contributed by atoms with E-state index < -0.39 is 0 Å². The molecule has 1 aliphatic rings. The number of hydrogen-bond acceptors (Lipinski definition) is 2. The van der Waals surface area contributed by atoms with Crippen molar-refractivity contribution >= 4 is 0 Å². The summed E-state index contributed by atoms with van der Waals surface area (Å²) in [5.74, 6) is 0.976. The summed E-state index contributed by atoms with van der Waals surface area (Å²) in [5, 5.41) is 12.7. The van der Waals surface area contributed by atoms with Crippen LogP contribution in [0.4, 0.5) is 0 Å². The minimum absolute atomic E-state index is 0.300. The van der Waals surface area contributed by atoms with Gasteiger partial charge in [0.15, 0.2) is 0 Å². The van der Waals surface area contributed by atoms with Gasteiger partial charge in [-0.25, -0.2) is 0 Å². The van der Waals surface area contributed by atoms with Crippen molar-refractivity contribution in [3.8, 4) is 0 Å². The van der Waals surface area contributed by atoms with Gasteiger partial charge in [-0.15, -0.1) is 0 Å². The Morgan fingerprint density at radius 2 is 2.12 bits per heavy atom. The summed E-state index contributed by atoms with van der Waals surface area (Å²) < 4.78 is 0. The Kier molecular flexibility index (Phi) is 3.62. The molecule has 1 saturated heterocycles. The molecule has 16 heavy (non-hydrogen) atoms. The Bertz CT molecular complexity index is 362. The van der Waals surface area contributed by atoms with E-state index >= 15 is 0 Å². The van der Waals surface area contributed by atoms with Gasteiger partial charge in [0.05, 0.1) is 0 Å². The second-order valence-electron chi connectivity index (χ2n) is 4.93. The lowest BCUT2D eigenvalue weighted by Gasteiger charge is -2.30. The van der Waals surface area contributed by atoms with E-state index in [1.165, 1.54) is 16.7 Å². The van der Waals surface area contributed by atoms with Crippen molar-refractivity contribution in [2.24, 2.45) is 5.92 Å². The van der Waals surface area contributed by atoms with Crippen LogP contribution in [-0.2, 0) is 0 Å². The van der Waals surface area contributed by atoms with Gasteiger partial charge in [-0.2, -0.15) is 0 Å². The zero-order chi connectivity index (χ0) is 11.5. The predicted octanol–water partition coefficient (Wildman–Crippen LogP) is 1.99. The number of rotatable bonds is 2. The van der Waals surface area contributed by atoms with Crippen LogP contribution in [0.25, 0.3) is 0 Å². The van der Waals surface area contributed by atoms with E-state index in [9.17, 15) is 5.11 Å². The fourth-order valence-corrected chi connectivity index (χ4v) is 2.62. The van der Waals surface area contributed by atoms with Crippen LogP contribution in [0.1, 0.15) is 29.0 Å². The Labute approximate surface area is 97.7 Å². The predicted molar refractivity (Wildman–Crippen MR) is 66.7 cm³/mol. The molecule has 2 N–H and O–H groups in total. The summed E-state index contributed by atoms with van der Waals surface area (Å²) in [4.78, 5) is 0. The van der Waals surface area contributed by atoms with Gasteiger partial charge in [0.2, 0.25) is 0 Å². The molecule has 2 nitrogen and oxygen atoms in total. The first-order chi connectivity index (χ1) is 7.72. The highest BCUT2D eigenvalue weighted by Crippen LogP contribution is 2.29. The topological polar surface area (TPSA) is 32.3 Å². The fraction of sp³-hybridized carbons (Fsp3) is 0.571. The van der Waals surface area contributed by atoms with Crippen molar-refractivity contribution in [3.63, 3.8) is 0 Å². The molecule has 1 aliphatic heterocycles. The van der Waals surface area contributed by atoms with Gasteiger partial charge in [0, 0.05) is 19.7 Å². The molecule has 1 fully saturated rings. The summed E-state index contributed by atoms with van der Waals surface area (Å²) in [6, 6.07) is 6.53. The molecule has 0 saturated carbocycles. The van der Waals surface area contributed by atoms with Crippen LogP contribution in [0.3, 0.4) is 0 Å². The van der Waals surface area contributed by atoms with Crippen LogP contribution in [0, 0.1) is 19.8 Å². The smallest absolute Gasteiger partial charge is 0.0471 e.